The second-order valence-electron chi connectivity index (χ2n) is 10.2. The van der Waals surface area contributed by atoms with E-state index >= 15 is 0 Å². The molecule has 2 atom stereocenters. The second-order valence-corrected chi connectivity index (χ2v) is 13.7. The molecule has 4 aromatic carbocycles. The first-order chi connectivity index (χ1) is 19.6. The summed E-state index contributed by atoms with van der Waals surface area (Å²) in [6.07, 6.45) is 0. The van der Waals surface area contributed by atoms with E-state index < -0.39 is 29.9 Å². The van der Waals surface area contributed by atoms with E-state index in [9.17, 15) is 33.6 Å². The number of halogens is 6. The minimum absolute atomic E-state index is 0. The minimum Gasteiger partial charge on any atom is -0.358 e. The molecule has 0 aliphatic heterocycles. The standard InChI is InChI=1S/C21H20N2O2S.C10H14.CH3.F6P.Ru/c1-16-12-14-19(15-13-16)26(24,25)23-21(18-10-6-3-7-11-18)20(22)17-8-4-2-5-9-17;1-8(2)10-6-4-9(3)5-7-10;;1-7(2,3,4,5)6;/h2-15,20-22H,1H3;4-8H,1-3H3;1H3;;/q-2;;2*-1;+4. The molecule has 4 nitrogen and oxygen atoms in total. The van der Waals surface area contributed by atoms with Gasteiger partial charge in [0.05, 0.1) is 0 Å². The van der Waals surface area contributed by atoms with Crippen molar-refractivity contribution < 1.29 is 53.1 Å². The Bertz CT molecular complexity index is 1530. The number of nitrogens with one attached hydrogen (secondary N) is 1. The monoisotopic (exact) mass is 760 g/mol. The number of nitrogens with zero attached hydrogens (tertiary/aromatic N) is 1. The van der Waals surface area contributed by atoms with Crippen LogP contribution in [0.3, 0.4) is 0 Å². The molecule has 0 radical (unpaired) electrons. The Morgan fingerprint density at radius 2 is 0.978 bits per heavy atom. The van der Waals surface area contributed by atoms with E-state index in [0.717, 1.165) is 11.1 Å². The minimum atomic E-state index is -10.7. The van der Waals surface area contributed by atoms with Gasteiger partial charge in [-0.3, -0.25) is 0 Å². The SMILES string of the molecule is Cc1ccc(C(C)C)cc1.Cc1ccc(S(=O)(=O)[N-]C(c2ccccc2)C([NH-])c2ccccc2)cc1.F[P-](F)(F)(F)(F)F.[CH3-].[Ru+4]. The van der Waals surface area contributed by atoms with Gasteiger partial charge >= 0.3 is 52.5 Å². The molecule has 4 rings (SSSR count). The molecule has 1 N–H and O–H groups in total. The van der Waals surface area contributed by atoms with E-state index in [0.29, 0.717) is 11.5 Å². The summed E-state index contributed by atoms with van der Waals surface area (Å²) in [5.41, 5.74) is 13.8. The maximum atomic E-state index is 12.8. The second kappa shape index (κ2) is 16.3. The zero-order valence-corrected chi connectivity index (χ0v) is 28.8. The van der Waals surface area contributed by atoms with Crippen molar-refractivity contribution in [2.45, 2.75) is 50.6 Å². The molecule has 248 valence electrons. The van der Waals surface area contributed by atoms with Crippen LogP contribution in [0, 0.1) is 21.3 Å². The van der Waals surface area contributed by atoms with Gasteiger partial charge in [0.1, 0.15) is 10.0 Å². The summed E-state index contributed by atoms with van der Waals surface area (Å²) in [5.74, 6) is 0.653. The fraction of sp³-hybridized carbons (Fsp3) is 0.219. The average Bonchev–Trinajstić information content (AvgIpc) is 2.91. The molecule has 0 fully saturated rings. The van der Waals surface area contributed by atoms with E-state index in [2.05, 4.69) is 49.8 Å². The molecule has 0 aliphatic carbocycles. The summed E-state index contributed by atoms with van der Waals surface area (Å²) in [7, 11) is -14.5. The van der Waals surface area contributed by atoms with Crippen LogP contribution in [0.1, 0.15) is 59.7 Å². The molecule has 2 unspecified atom stereocenters. The summed E-state index contributed by atoms with van der Waals surface area (Å²) >= 11 is 0. The summed E-state index contributed by atoms with van der Waals surface area (Å²) in [5, 5.41) is 0. The fourth-order valence-corrected chi connectivity index (χ4v) is 4.82. The Kier molecular flexibility index (Phi) is 15.3. The summed E-state index contributed by atoms with van der Waals surface area (Å²) in [6.45, 7) is 8.44. The summed E-state index contributed by atoms with van der Waals surface area (Å²) < 4.78 is 89.0. The van der Waals surface area contributed by atoms with E-state index in [1.807, 2.05) is 67.6 Å². The van der Waals surface area contributed by atoms with Crippen LogP contribution in [0.15, 0.2) is 114 Å². The number of sulfonamides is 1. The topological polar surface area (TPSA) is 72.0 Å². The molecule has 0 bridgehead atoms. The van der Waals surface area contributed by atoms with Crippen LogP contribution < -0.4 is 0 Å². The van der Waals surface area contributed by atoms with Crippen molar-refractivity contribution in [3.05, 3.63) is 155 Å². The van der Waals surface area contributed by atoms with Gasteiger partial charge in [-0.25, -0.2) is 8.42 Å². The van der Waals surface area contributed by atoms with Crippen molar-refractivity contribution in [2.24, 2.45) is 0 Å². The predicted molar refractivity (Wildman–Crippen MR) is 170 cm³/mol. The van der Waals surface area contributed by atoms with E-state index in [4.69, 9.17) is 5.73 Å². The smallest absolute Gasteiger partial charge is 0.358 e. The zero-order chi connectivity index (χ0) is 32.5. The number of aryl methyl sites for hydroxylation is 2. The van der Waals surface area contributed by atoms with Crippen molar-refractivity contribution in [1.82, 2.24) is 0 Å². The number of rotatable bonds is 7. The third-order valence-corrected chi connectivity index (χ3v) is 7.30. The predicted octanol–water partition coefficient (Wildman–Crippen LogP) is 12.5. The normalized spacial score (nSPS) is 14.0. The quantitative estimate of drug-likeness (QED) is 0.0814. The number of hydrogen-bond donors (Lipinski definition) is 0. The van der Waals surface area contributed by atoms with Gasteiger partial charge in [0.25, 0.3) is 0 Å². The number of benzene rings is 4. The molecule has 4 aromatic rings. The summed E-state index contributed by atoms with van der Waals surface area (Å²) in [6, 6.07) is 32.0. The maximum Gasteiger partial charge on any atom is 4.00 e. The van der Waals surface area contributed by atoms with Gasteiger partial charge in [0, 0.05) is 4.90 Å². The third kappa shape index (κ3) is 17.6. The fourth-order valence-electron chi connectivity index (χ4n) is 3.68. The molecule has 0 saturated carbocycles. The van der Waals surface area contributed by atoms with Crippen molar-refractivity contribution in [2.75, 3.05) is 0 Å². The van der Waals surface area contributed by atoms with Crippen molar-refractivity contribution >= 4 is 17.8 Å². The molecule has 0 aliphatic rings. The first-order valence-electron chi connectivity index (χ1n) is 13.1. The first-order valence-corrected chi connectivity index (χ1v) is 16.6. The third-order valence-electron chi connectivity index (χ3n) is 5.93. The zero-order valence-electron chi connectivity index (χ0n) is 25.4. The molecular formula is C32H37F6N2O2PRuS. The maximum absolute atomic E-state index is 12.8. The van der Waals surface area contributed by atoms with E-state index in [-0.39, 0.29) is 31.8 Å². The Labute approximate surface area is 275 Å². The van der Waals surface area contributed by atoms with Gasteiger partial charge < -0.3 is 17.9 Å². The van der Waals surface area contributed by atoms with Crippen molar-refractivity contribution in [1.29, 1.82) is 0 Å². The van der Waals surface area contributed by atoms with Crippen molar-refractivity contribution in [3.8, 4) is 0 Å². The van der Waals surface area contributed by atoms with Crippen LogP contribution in [0.5, 0.6) is 0 Å². The van der Waals surface area contributed by atoms with Gasteiger partial charge in [0.2, 0.25) is 0 Å². The molecule has 45 heavy (non-hydrogen) atoms. The Hall–Kier alpha value is -2.62. The molecule has 13 heteroatoms. The van der Waals surface area contributed by atoms with Gasteiger partial charge in [-0.2, -0.15) is 0 Å². The van der Waals surface area contributed by atoms with Crippen LogP contribution in [-0.4, -0.2) is 8.42 Å². The molecule has 0 spiro atoms. The van der Waals surface area contributed by atoms with Gasteiger partial charge in [-0.1, -0.05) is 133 Å². The van der Waals surface area contributed by atoms with Gasteiger partial charge in [0.15, 0.2) is 0 Å². The van der Waals surface area contributed by atoms with E-state index in [1.165, 1.54) is 11.1 Å². The molecule has 0 saturated heterocycles. The molecule has 0 heterocycles. The van der Waals surface area contributed by atoms with Crippen LogP contribution >= 0.6 is 7.81 Å². The van der Waals surface area contributed by atoms with Crippen LogP contribution in [0.25, 0.3) is 10.5 Å². The molecular weight excluding hydrogens is 722 g/mol. The van der Waals surface area contributed by atoms with Crippen LogP contribution in [0.4, 0.5) is 25.2 Å². The van der Waals surface area contributed by atoms with Gasteiger partial charge in [-0.05, 0) is 37.5 Å². The molecule has 0 amide bonds. The largest absolute Gasteiger partial charge is 4.00 e. The number of hydrogen-bond acceptors (Lipinski definition) is 2. The Balaban J connectivity index is 0.000000844. The van der Waals surface area contributed by atoms with Crippen LogP contribution in [0.2, 0.25) is 0 Å². The van der Waals surface area contributed by atoms with Gasteiger partial charge in [-0.15, -0.1) is 12.1 Å². The average molecular weight is 760 g/mol. The molecule has 0 aromatic heterocycles. The first kappa shape index (κ1) is 42.4. The Morgan fingerprint density at radius 1 is 0.622 bits per heavy atom. The van der Waals surface area contributed by atoms with Crippen molar-refractivity contribution in [3.63, 3.8) is 0 Å². The Morgan fingerprint density at radius 3 is 1.36 bits per heavy atom. The van der Waals surface area contributed by atoms with Crippen LogP contribution in [-0.2, 0) is 29.5 Å². The summed E-state index contributed by atoms with van der Waals surface area (Å²) in [4.78, 5) is 0.143. The van der Waals surface area contributed by atoms with E-state index in [1.54, 1.807) is 24.3 Å².